The van der Waals surface area contributed by atoms with Crippen LogP contribution in [-0.2, 0) is 10.3 Å². The van der Waals surface area contributed by atoms with E-state index in [2.05, 4.69) is 15.0 Å². The molecule has 1 aromatic carbocycles. The quantitative estimate of drug-likeness (QED) is 0.458. The third kappa shape index (κ3) is 3.21. The van der Waals surface area contributed by atoms with Gasteiger partial charge in [-0.3, -0.25) is 4.98 Å². The molecule has 0 bridgehead atoms. The van der Waals surface area contributed by atoms with Gasteiger partial charge in [0.25, 0.3) is 6.43 Å². The van der Waals surface area contributed by atoms with Crippen LogP contribution >= 0.6 is 11.6 Å². The largest absolute Gasteiger partial charge is 0.436 e. The first-order valence-corrected chi connectivity index (χ1v) is 9.76. The van der Waals surface area contributed by atoms with Gasteiger partial charge >= 0.3 is 0 Å². The highest BCUT2D eigenvalue weighted by Crippen LogP contribution is 2.36. The lowest BCUT2D eigenvalue weighted by Gasteiger charge is -2.32. The molecule has 1 unspecified atom stereocenters. The van der Waals surface area contributed by atoms with Gasteiger partial charge in [0.15, 0.2) is 5.58 Å². The van der Waals surface area contributed by atoms with Gasteiger partial charge in [-0.2, -0.15) is 0 Å². The number of halogens is 3. The van der Waals surface area contributed by atoms with E-state index in [1.807, 2.05) is 0 Å². The van der Waals surface area contributed by atoms with Crippen LogP contribution < -0.4 is 0 Å². The molecule has 3 aromatic heterocycles. The monoisotopic (exact) mass is 431 g/mol. The number of fused-ring (bicyclic) bond motifs is 2. The molecule has 4 heterocycles. The van der Waals surface area contributed by atoms with Crippen molar-refractivity contribution in [2.45, 2.75) is 24.9 Å². The Labute approximate surface area is 174 Å². The highest BCUT2D eigenvalue weighted by molar-refractivity contribution is 6.30. The van der Waals surface area contributed by atoms with Gasteiger partial charge in [0.1, 0.15) is 22.0 Å². The minimum atomic E-state index is -2.76. The number of aliphatic hydroxyl groups is 1. The van der Waals surface area contributed by atoms with E-state index in [1.165, 1.54) is 18.5 Å². The molecule has 1 aliphatic rings. The summed E-state index contributed by atoms with van der Waals surface area (Å²) in [4.78, 5) is 12.3. The SMILES string of the molecule is OC1(c2ccc3oc(-c4cnc(C(F)F)c5cnc(Cl)cc45)nc3c2)CCCOC1. The Balaban J connectivity index is 1.64. The fourth-order valence-corrected chi connectivity index (χ4v) is 3.97. The summed E-state index contributed by atoms with van der Waals surface area (Å²) < 4.78 is 38.0. The maximum atomic E-state index is 13.4. The summed E-state index contributed by atoms with van der Waals surface area (Å²) in [7, 11) is 0. The Morgan fingerprint density at radius 1 is 1.13 bits per heavy atom. The second kappa shape index (κ2) is 7.23. The van der Waals surface area contributed by atoms with Crippen LogP contribution in [0.1, 0.15) is 30.5 Å². The van der Waals surface area contributed by atoms with Crippen molar-refractivity contribution in [1.82, 2.24) is 15.0 Å². The number of aromatic nitrogens is 3. The number of pyridine rings is 2. The molecule has 30 heavy (non-hydrogen) atoms. The van der Waals surface area contributed by atoms with Crippen LogP contribution in [0.2, 0.25) is 5.15 Å². The first-order valence-electron chi connectivity index (χ1n) is 9.38. The van der Waals surface area contributed by atoms with Crippen molar-refractivity contribution in [3.8, 4) is 11.5 Å². The fourth-order valence-electron chi connectivity index (χ4n) is 3.81. The Morgan fingerprint density at radius 3 is 2.77 bits per heavy atom. The van der Waals surface area contributed by atoms with Gasteiger partial charge in [0.05, 0.1) is 12.2 Å². The van der Waals surface area contributed by atoms with Gasteiger partial charge < -0.3 is 14.3 Å². The molecule has 0 radical (unpaired) electrons. The minimum absolute atomic E-state index is 0.160. The van der Waals surface area contributed by atoms with E-state index >= 15 is 0 Å². The van der Waals surface area contributed by atoms with Crippen molar-refractivity contribution in [3.05, 3.63) is 53.1 Å². The topological polar surface area (TPSA) is 81.3 Å². The maximum Gasteiger partial charge on any atom is 0.281 e. The molecule has 1 atom stereocenters. The summed E-state index contributed by atoms with van der Waals surface area (Å²) in [5.74, 6) is 0.217. The van der Waals surface area contributed by atoms with Crippen LogP contribution in [0.5, 0.6) is 0 Å². The Kier molecular flexibility index (Phi) is 4.65. The van der Waals surface area contributed by atoms with Crippen molar-refractivity contribution in [3.63, 3.8) is 0 Å². The third-order valence-electron chi connectivity index (χ3n) is 5.35. The van der Waals surface area contributed by atoms with Crippen LogP contribution in [0, 0.1) is 0 Å². The highest BCUT2D eigenvalue weighted by atomic mass is 35.5. The molecule has 0 spiro atoms. The summed E-state index contributed by atoms with van der Waals surface area (Å²) in [5.41, 5.74) is 0.704. The molecule has 0 aliphatic carbocycles. The summed E-state index contributed by atoms with van der Waals surface area (Å²) in [5, 5.41) is 11.7. The molecule has 5 rings (SSSR count). The van der Waals surface area contributed by atoms with E-state index in [1.54, 1.807) is 18.2 Å². The number of alkyl halides is 2. The highest BCUT2D eigenvalue weighted by Gasteiger charge is 2.32. The molecule has 4 aromatic rings. The molecule has 0 saturated carbocycles. The number of oxazole rings is 1. The molecule has 1 saturated heterocycles. The predicted molar refractivity (Wildman–Crippen MR) is 106 cm³/mol. The van der Waals surface area contributed by atoms with Crippen molar-refractivity contribution in [2.75, 3.05) is 13.2 Å². The molecular weight excluding hydrogens is 416 g/mol. The first-order chi connectivity index (χ1) is 14.4. The van der Waals surface area contributed by atoms with E-state index in [4.69, 9.17) is 20.8 Å². The van der Waals surface area contributed by atoms with Crippen LogP contribution in [0.3, 0.4) is 0 Å². The normalized spacial score (nSPS) is 19.8. The van der Waals surface area contributed by atoms with Crippen LogP contribution in [0.4, 0.5) is 8.78 Å². The maximum absolute atomic E-state index is 13.4. The number of hydrogen-bond acceptors (Lipinski definition) is 6. The molecule has 0 amide bonds. The van der Waals surface area contributed by atoms with E-state index in [9.17, 15) is 13.9 Å². The Morgan fingerprint density at radius 2 is 2.00 bits per heavy atom. The summed E-state index contributed by atoms with van der Waals surface area (Å²) >= 11 is 6.00. The number of benzene rings is 1. The summed E-state index contributed by atoms with van der Waals surface area (Å²) in [6.07, 6.45) is 1.18. The smallest absolute Gasteiger partial charge is 0.281 e. The van der Waals surface area contributed by atoms with E-state index < -0.39 is 12.0 Å². The first kappa shape index (κ1) is 19.3. The van der Waals surface area contributed by atoms with Crippen LogP contribution in [-0.4, -0.2) is 33.3 Å². The zero-order valence-electron chi connectivity index (χ0n) is 15.6. The average Bonchev–Trinajstić information content (AvgIpc) is 3.16. The van der Waals surface area contributed by atoms with E-state index in [-0.39, 0.29) is 28.7 Å². The van der Waals surface area contributed by atoms with Crippen LogP contribution in [0.15, 0.2) is 41.1 Å². The van der Waals surface area contributed by atoms with Gasteiger partial charge in [-0.25, -0.2) is 18.7 Å². The van der Waals surface area contributed by atoms with Gasteiger partial charge in [-0.05, 0) is 36.6 Å². The molecular formula is C21H16ClF2N3O3. The lowest BCUT2D eigenvalue weighted by molar-refractivity contribution is -0.0902. The number of nitrogens with zero attached hydrogens (tertiary/aromatic N) is 3. The molecule has 1 N–H and O–H groups in total. The fraction of sp³-hybridized carbons (Fsp3) is 0.286. The van der Waals surface area contributed by atoms with Crippen molar-refractivity contribution in [1.29, 1.82) is 0 Å². The van der Waals surface area contributed by atoms with Gasteiger partial charge in [-0.1, -0.05) is 17.7 Å². The predicted octanol–water partition coefficient (Wildman–Crippen LogP) is 5.03. The van der Waals surface area contributed by atoms with Crippen LogP contribution in [0.25, 0.3) is 33.3 Å². The minimum Gasteiger partial charge on any atom is -0.436 e. The zero-order valence-corrected chi connectivity index (χ0v) is 16.4. The molecule has 154 valence electrons. The number of hydrogen-bond donors (Lipinski definition) is 1. The second-order valence-electron chi connectivity index (χ2n) is 7.30. The zero-order chi connectivity index (χ0) is 20.9. The number of rotatable bonds is 3. The summed E-state index contributed by atoms with van der Waals surface area (Å²) in [6, 6.07) is 6.76. The average molecular weight is 432 g/mol. The standard InChI is InChI=1S/C21H16ClF2N3O3/c22-17-7-12-13(8-25-17)18(19(23)24)26-9-14(12)20-27-15-6-11(2-3-16(15)30-20)21(28)4-1-5-29-10-21/h2-3,6-9,19,28H,1,4-5,10H2. The Hall–Kier alpha value is -2.68. The van der Waals surface area contributed by atoms with Gasteiger partial charge in [0.2, 0.25) is 5.89 Å². The van der Waals surface area contributed by atoms with Crippen molar-refractivity contribution < 1.29 is 23.0 Å². The molecule has 1 aliphatic heterocycles. The van der Waals surface area contributed by atoms with Crippen molar-refractivity contribution >= 4 is 33.5 Å². The summed E-state index contributed by atoms with van der Waals surface area (Å²) in [6.45, 7) is 0.850. The van der Waals surface area contributed by atoms with E-state index in [0.29, 0.717) is 40.6 Å². The van der Waals surface area contributed by atoms with Crippen molar-refractivity contribution in [2.24, 2.45) is 0 Å². The third-order valence-corrected chi connectivity index (χ3v) is 5.56. The molecule has 9 heteroatoms. The lowest BCUT2D eigenvalue weighted by Crippen LogP contribution is -2.35. The van der Waals surface area contributed by atoms with Gasteiger partial charge in [-0.15, -0.1) is 0 Å². The lowest BCUT2D eigenvalue weighted by atomic mass is 9.88. The van der Waals surface area contributed by atoms with E-state index in [0.717, 1.165) is 6.42 Å². The molecule has 6 nitrogen and oxygen atoms in total. The second-order valence-corrected chi connectivity index (χ2v) is 7.69. The van der Waals surface area contributed by atoms with Gasteiger partial charge in [0, 0.05) is 29.8 Å². The number of ether oxygens (including phenoxy) is 1. The Bertz CT molecular complexity index is 1260. The molecule has 1 fully saturated rings.